The number of rotatable bonds is 7. The number of hydrogen-bond acceptors (Lipinski definition) is 4. The first-order chi connectivity index (χ1) is 7.74. The Morgan fingerprint density at radius 1 is 1.50 bits per heavy atom. The summed E-state index contributed by atoms with van der Waals surface area (Å²) >= 11 is 5.75. The average Bonchev–Trinajstić information content (AvgIpc) is 2.26. The molecular weight excluding hydrogens is 226 g/mol. The summed E-state index contributed by atoms with van der Waals surface area (Å²) in [5.41, 5.74) is 6.31. The minimum atomic E-state index is 0.550. The molecule has 0 spiro atoms. The van der Waals surface area contributed by atoms with Gasteiger partial charge in [0.1, 0.15) is 5.82 Å². The number of pyridine rings is 1. The predicted molar refractivity (Wildman–Crippen MR) is 67.9 cm³/mol. The zero-order valence-electron chi connectivity index (χ0n) is 9.50. The summed E-state index contributed by atoms with van der Waals surface area (Å²) in [4.78, 5) is 4.10. The van der Waals surface area contributed by atoms with Gasteiger partial charge in [-0.25, -0.2) is 4.98 Å². The summed E-state index contributed by atoms with van der Waals surface area (Å²) in [5, 5.41) is 3.69. The van der Waals surface area contributed by atoms with Crippen molar-refractivity contribution in [2.24, 2.45) is 0 Å². The Morgan fingerprint density at radius 3 is 3.00 bits per heavy atom. The van der Waals surface area contributed by atoms with Crippen LogP contribution in [-0.2, 0) is 4.74 Å². The number of nitrogens with two attached hydrogens (primary N) is 1. The van der Waals surface area contributed by atoms with E-state index in [1.807, 2.05) is 0 Å². The van der Waals surface area contributed by atoms with Crippen LogP contribution in [0.2, 0.25) is 5.02 Å². The van der Waals surface area contributed by atoms with Crippen LogP contribution in [0.5, 0.6) is 0 Å². The fraction of sp³-hybridized carbons (Fsp3) is 0.545. The maximum Gasteiger partial charge on any atom is 0.149 e. The van der Waals surface area contributed by atoms with E-state index in [4.69, 9.17) is 22.1 Å². The molecule has 0 aromatic carbocycles. The average molecular weight is 244 g/mol. The molecule has 0 saturated carbocycles. The van der Waals surface area contributed by atoms with E-state index in [1.54, 1.807) is 12.3 Å². The van der Waals surface area contributed by atoms with E-state index in [0.29, 0.717) is 16.5 Å². The fourth-order valence-corrected chi connectivity index (χ4v) is 1.40. The molecule has 0 atom stereocenters. The molecule has 1 aromatic heterocycles. The molecule has 0 saturated heterocycles. The van der Waals surface area contributed by atoms with Gasteiger partial charge in [-0.05, 0) is 18.9 Å². The third kappa shape index (κ3) is 4.68. The van der Waals surface area contributed by atoms with Crippen molar-refractivity contribution in [1.29, 1.82) is 0 Å². The molecule has 0 amide bonds. The topological polar surface area (TPSA) is 60.2 Å². The number of ether oxygens (including phenoxy) is 1. The third-order valence-electron chi connectivity index (χ3n) is 1.99. The van der Waals surface area contributed by atoms with Crippen molar-refractivity contribution in [2.75, 3.05) is 30.8 Å². The fourth-order valence-electron chi connectivity index (χ4n) is 1.23. The van der Waals surface area contributed by atoms with Crippen molar-refractivity contribution in [3.05, 3.63) is 17.3 Å². The molecule has 4 nitrogen and oxygen atoms in total. The van der Waals surface area contributed by atoms with Gasteiger partial charge in [-0.15, -0.1) is 0 Å². The first-order valence-electron chi connectivity index (χ1n) is 5.46. The van der Waals surface area contributed by atoms with Crippen LogP contribution >= 0.6 is 11.6 Å². The van der Waals surface area contributed by atoms with E-state index in [9.17, 15) is 0 Å². The second-order valence-corrected chi connectivity index (χ2v) is 3.92. The van der Waals surface area contributed by atoms with Gasteiger partial charge in [-0.3, -0.25) is 0 Å². The van der Waals surface area contributed by atoms with Gasteiger partial charge < -0.3 is 15.8 Å². The maximum atomic E-state index is 5.75. The molecule has 0 aliphatic carbocycles. The van der Waals surface area contributed by atoms with Gasteiger partial charge in [0.15, 0.2) is 0 Å². The normalized spacial score (nSPS) is 10.4. The van der Waals surface area contributed by atoms with Crippen LogP contribution in [0, 0.1) is 0 Å². The number of nitrogen functional groups attached to an aromatic ring is 1. The third-order valence-corrected chi connectivity index (χ3v) is 2.20. The van der Waals surface area contributed by atoms with E-state index in [-0.39, 0.29) is 0 Å². The van der Waals surface area contributed by atoms with Gasteiger partial charge in [0.2, 0.25) is 0 Å². The molecule has 1 aromatic rings. The Bertz CT molecular complexity index is 320. The highest BCUT2D eigenvalue weighted by atomic mass is 35.5. The molecule has 1 heterocycles. The Hall–Kier alpha value is -1.00. The summed E-state index contributed by atoms with van der Waals surface area (Å²) in [6.07, 6.45) is 3.57. The van der Waals surface area contributed by atoms with Crippen LogP contribution in [0.3, 0.4) is 0 Å². The van der Waals surface area contributed by atoms with Crippen LogP contribution < -0.4 is 11.1 Å². The van der Waals surface area contributed by atoms with Gasteiger partial charge in [0.25, 0.3) is 0 Å². The summed E-state index contributed by atoms with van der Waals surface area (Å²) in [6, 6.07) is 1.68. The molecule has 0 unspecified atom stereocenters. The lowest BCUT2D eigenvalue weighted by Gasteiger charge is -2.08. The van der Waals surface area contributed by atoms with Crippen molar-refractivity contribution in [3.63, 3.8) is 0 Å². The predicted octanol–water partition coefficient (Wildman–Crippen LogP) is 2.55. The first-order valence-corrected chi connectivity index (χ1v) is 5.84. The molecule has 0 radical (unpaired) electrons. The van der Waals surface area contributed by atoms with E-state index < -0.39 is 0 Å². The van der Waals surface area contributed by atoms with E-state index in [1.165, 1.54) is 0 Å². The van der Waals surface area contributed by atoms with Crippen molar-refractivity contribution < 1.29 is 4.74 Å². The highest BCUT2D eigenvalue weighted by molar-refractivity contribution is 6.30. The summed E-state index contributed by atoms with van der Waals surface area (Å²) in [7, 11) is 0. The molecule has 16 heavy (non-hydrogen) atoms. The summed E-state index contributed by atoms with van der Waals surface area (Å²) < 4.78 is 5.36. The zero-order valence-corrected chi connectivity index (χ0v) is 10.3. The molecule has 0 bridgehead atoms. The molecular formula is C11H18ClN3O. The maximum absolute atomic E-state index is 5.75. The molecule has 0 aliphatic rings. The summed E-state index contributed by atoms with van der Waals surface area (Å²) in [6.45, 7) is 4.47. The van der Waals surface area contributed by atoms with Crippen molar-refractivity contribution in [3.8, 4) is 0 Å². The molecule has 0 aliphatic heterocycles. The number of hydrogen-bond donors (Lipinski definition) is 2. The number of nitrogens with one attached hydrogen (secondary N) is 1. The Balaban J connectivity index is 2.21. The minimum Gasteiger partial charge on any atom is -0.396 e. The van der Waals surface area contributed by atoms with Crippen LogP contribution in [0.15, 0.2) is 12.3 Å². The molecule has 5 heteroatoms. The van der Waals surface area contributed by atoms with Crippen molar-refractivity contribution >= 4 is 23.1 Å². The molecule has 90 valence electrons. The minimum absolute atomic E-state index is 0.550. The van der Waals surface area contributed by atoms with Crippen LogP contribution in [0.4, 0.5) is 11.5 Å². The standard InChI is InChI=1S/C11H18ClN3O/c1-2-5-16-6-3-4-14-11-10(13)7-9(12)8-15-11/h7-8H,2-6,13H2,1H3,(H,14,15). The lowest BCUT2D eigenvalue weighted by atomic mass is 10.3. The van der Waals surface area contributed by atoms with Gasteiger partial charge in [-0.1, -0.05) is 18.5 Å². The number of nitrogens with zero attached hydrogens (tertiary/aromatic N) is 1. The SMILES string of the molecule is CCCOCCCNc1ncc(Cl)cc1N. The highest BCUT2D eigenvalue weighted by Gasteiger charge is 2.00. The second-order valence-electron chi connectivity index (χ2n) is 3.48. The van der Waals surface area contributed by atoms with Gasteiger partial charge in [0.05, 0.1) is 10.7 Å². The van der Waals surface area contributed by atoms with Crippen molar-refractivity contribution in [2.45, 2.75) is 19.8 Å². The number of halogens is 1. The highest BCUT2D eigenvalue weighted by Crippen LogP contribution is 2.18. The van der Waals surface area contributed by atoms with E-state index >= 15 is 0 Å². The van der Waals surface area contributed by atoms with Crippen LogP contribution in [0.25, 0.3) is 0 Å². The number of anilines is 2. The summed E-state index contributed by atoms with van der Waals surface area (Å²) in [5.74, 6) is 0.680. The van der Waals surface area contributed by atoms with Crippen LogP contribution in [0.1, 0.15) is 19.8 Å². The Morgan fingerprint density at radius 2 is 2.31 bits per heavy atom. The molecule has 1 rings (SSSR count). The quantitative estimate of drug-likeness (QED) is 0.723. The number of aromatic nitrogens is 1. The second kappa shape index (κ2) is 7.30. The largest absolute Gasteiger partial charge is 0.396 e. The monoisotopic (exact) mass is 243 g/mol. The van der Waals surface area contributed by atoms with Gasteiger partial charge in [-0.2, -0.15) is 0 Å². The Kier molecular flexibility index (Phi) is 5.96. The van der Waals surface area contributed by atoms with Crippen LogP contribution in [-0.4, -0.2) is 24.7 Å². The molecule has 3 N–H and O–H groups in total. The van der Waals surface area contributed by atoms with E-state index in [0.717, 1.165) is 32.6 Å². The first kappa shape index (κ1) is 13.1. The lowest BCUT2D eigenvalue weighted by Crippen LogP contribution is -2.08. The molecule has 0 fully saturated rings. The smallest absolute Gasteiger partial charge is 0.149 e. The lowest BCUT2D eigenvalue weighted by molar-refractivity contribution is 0.134. The van der Waals surface area contributed by atoms with Crippen molar-refractivity contribution in [1.82, 2.24) is 4.98 Å². The van der Waals surface area contributed by atoms with Gasteiger partial charge in [0, 0.05) is 26.0 Å². The van der Waals surface area contributed by atoms with E-state index in [2.05, 4.69) is 17.2 Å². The Labute approximate surface area is 101 Å². The zero-order chi connectivity index (χ0) is 11.8. The van der Waals surface area contributed by atoms with Gasteiger partial charge >= 0.3 is 0 Å².